The van der Waals surface area contributed by atoms with Crippen molar-refractivity contribution in [2.75, 3.05) is 43.5 Å². The van der Waals surface area contributed by atoms with E-state index in [-0.39, 0.29) is 11.9 Å². The summed E-state index contributed by atoms with van der Waals surface area (Å²) < 4.78 is 4.26. The minimum atomic E-state index is -0.157. The van der Waals surface area contributed by atoms with Gasteiger partial charge in [0.05, 0.1) is 12.8 Å². The van der Waals surface area contributed by atoms with Crippen LogP contribution in [0.2, 0.25) is 0 Å². The van der Waals surface area contributed by atoms with Crippen molar-refractivity contribution >= 4 is 23.3 Å². The number of benzene rings is 2. The molecule has 1 aliphatic heterocycles. The van der Waals surface area contributed by atoms with Crippen LogP contribution >= 0.6 is 0 Å². The average Bonchev–Trinajstić information content (AvgIpc) is 3.18. The largest absolute Gasteiger partial charge is 0.469 e. The lowest BCUT2D eigenvalue weighted by Gasteiger charge is -2.35. The van der Waals surface area contributed by atoms with Crippen LogP contribution in [0.25, 0.3) is 11.1 Å². The fourth-order valence-electron chi connectivity index (χ4n) is 3.43. The molecule has 0 saturated carbocycles. The number of hydrogen-bond donors (Lipinski definition) is 1. The summed E-state index contributed by atoms with van der Waals surface area (Å²) >= 11 is 0. The molecular formula is C23H29N3O3. The van der Waals surface area contributed by atoms with Crippen LogP contribution in [0.4, 0.5) is 11.4 Å². The molecule has 154 valence electrons. The third-order valence-electron chi connectivity index (χ3n) is 5.30. The number of nitrogens with zero attached hydrogens (tertiary/aromatic N) is 2. The number of hydrogen-bond acceptors (Lipinski definition) is 5. The number of nitrogens with one attached hydrogen (secondary N) is 1. The molecule has 3 aliphatic rings. The third-order valence-corrected chi connectivity index (χ3v) is 5.30. The van der Waals surface area contributed by atoms with E-state index >= 15 is 0 Å². The number of esters is 1. The molecule has 6 nitrogen and oxygen atoms in total. The molecule has 2 aliphatic carbocycles. The van der Waals surface area contributed by atoms with E-state index in [0.29, 0.717) is 6.42 Å². The highest BCUT2D eigenvalue weighted by atomic mass is 16.5. The SMILES string of the molecule is CC(=O)N1CCN(c2ccc(CNc3c4cccc3-4)cc2)CC1.CCC(=O)OC. The second-order valence-electron chi connectivity index (χ2n) is 7.17. The number of methoxy groups -OCH3 is 1. The van der Waals surface area contributed by atoms with Crippen molar-refractivity contribution in [3.63, 3.8) is 0 Å². The van der Waals surface area contributed by atoms with Gasteiger partial charge in [-0.15, -0.1) is 0 Å². The summed E-state index contributed by atoms with van der Waals surface area (Å²) in [6, 6.07) is 15.1. The first-order chi connectivity index (χ1) is 14.0. The van der Waals surface area contributed by atoms with Crippen molar-refractivity contribution in [3.05, 3.63) is 48.0 Å². The van der Waals surface area contributed by atoms with Gasteiger partial charge < -0.3 is 19.9 Å². The Morgan fingerprint density at radius 2 is 1.62 bits per heavy atom. The molecule has 1 fully saturated rings. The summed E-state index contributed by atoms with van der Waals surface area (Å²) in [7, 11) is 1.38. The summed E-state index contributed by atoms with van der Waals surface area (Å²) in [4.78, 5) is 25.6. The lowest BCUT2D eigenvalue weighted by Crippen LogP contribution is -2.48. The van der Waals surface area contributed by atoms with Gasteiger partial charge in [-0.05, 0) is 17.7 Å². The number of carbonyl (C=O) groups excluding carboxylic acids is 2. The Morgan fingerprint density at radius 1 is 1.00 bits per heavy atom. The second kappa shape index (κ2) is 9.45. The molecule has 1 N–H and O–H groups in total. The maximum absolute atomic E-state index is 11.4. The number of amides is 1. The summed E-state index contributed by atoms with van der Waals surface area (Å²) in [5, 5.41) is 3.49. The van der Waals surface area contributed by atoms with E-state index in [9.17, 15) is 9.59 Å². The minimum Gasteiger partial charge on any atom is -0.469 e. The van der Waals surface area contributed by atoms with Crippen molar-refractivity contribution in [3.8, 4) is 11.1 Å². The number of ether oxygens (including phenoxy) is 1. The van der Waals surface area contributed by atoms with E-state index in [1.807, 2.05) is 4.90 Å². The van der Waals surface area contributed by atoms with E-state index in [0.717, 1.165) is 32.7 Å². The van der Waals surface area contributed by atoms with Gasteiger partial charge in [-0.25, -0.2) is 0 Å². The van der Waals surface area contributed by atoms with Crippen LogP contribution in [0.1, 0.15) is 25.8 Å². The normalized spacial score (nSPS) is 13.9. The van der Waals surface area contributed by atoms with Crippen molar-refractivity contribution < 1.29 is 14.3 Å². The van der Waals surface area contributed by atoms with Crippen LogP contribution in [0.3, 0.4) is 0 Å². The molecule has 6 heteroatoms. The van der Waals surface area contributed by atoms with E-state index in [2.05, 4.69) is 57.4 Å². The van der Waals surface area contributed by atoms with E-state index in [1.165, 1.54) is 35.2 Å². The Bertz CT molecular complexity index is 830. The Labute approximate surface area is 172 Å². The summed E-state index contributed by atoms with van der Waals surface area (Å²) in [6.45, 7) is 7.72. The van der Waals surface area contributed by atoms with Crippen molar-refractivity contribution in [2.24, 2.45) is 0 Å². The Balaban J connectivity index is 0.000000353. The van der Waals surface area contributed by atoms with E-state index < -0.39 is 0 Å². The van der Waals surface area contributed by atoms with Crippen LogP contribution in [0.15, 0.2) is 42.5 Å². The van der Waals surface area contributed by atoms with Crippen molar-refractivity contribution in [1.82, 2.24) is 4.90 Å². The number of anilines is 2. The smallest absolute Gasteiger partial charge is 0.305 e. The molecule has 0 unspecified atom stereocenters. The first kappa shape index (κ1) is 20.7. The maximum Gasteiger partial charge on any atom is 0.305 e. The fraction of sp³-hybridized carbons (Fsp3) is 0.391. The van der Waals surface area contributed by atoms with Crippen LogP contribution < -0.4 is 10.2 Å². The zero-order valence-electron chi connectivity index (χ0n) is 17.4. The molecule has 0 atom stereocenters. The van der Waals surface area contributed by atoms with Crippen LogP contribution in [-0.2, 0) is 20.9 Å². The molecule has 1 aromatic carbocycles. The van der Waals surface area contributed by atoms with E-state index in [1.54, 1.807) is 13.8 Å². The van der Waals surface area contributed by atoms with Crippen molar-refractivity contribution in [2.45, 2.75) is 26.8 Å². The summed E-state index contributed by atoms with van der Waals surface area (Å²) in [6.07, 6.45) is 0.469. The van der Waals surface area contributed by atoms with Crippen LogP contribution in [-0.4, -0.2) is 50.1 Å². The molecule has 1 aromatic rings. The monoisotopic (exact) mass is 395 g/mol. The zero-order chi connectivity index (χ0) is 20.8. The van der Waals surface area contributed by atoms with Crippen LogP contribution in [0, 0.1) is 0 Å². The topological polar surface area (TPSA) is 61.9 Å². The molecule has 4 rings (SSSR count). The third kappa shape index (κ3) is 5.28. The van der Waals surface area contributed by atoms with Gasteiger partial charge in [0.25, 0.3) is 0 Å². The van der Waals surface area contributed by atoms with Crippen molar-refractivity contribution in [1.29, 1.82) is 0 Å². The van der Waals surface area contributed by atoms with Gasteiger partial charge in [0.2, 0.25) is 5.91 Å². The van der Waals surface area contributed by atoms with Gasteiger partial charge in [-0.3, -0.25) is 9.59 Å². The number of para-hydroxylation sites is 1. The molecule has 0 radical (unpaired) electrons. The Kier molecular flexibility index (Phi) is 6.75. The molecule has 1 amide bonds. The highest BCUT2D eigenvalue weighted by Crippen LogP contribution is 2.48. The second-order valence-corrected chi connectivity index (χ2v) is 7.17. The van der Waals surface area contributed by atoms with Gasteiger partial charge in [0.1, 0.15) is 0 Å². The standard InChI is InChI=1S/C19H21N3O.C4H8O2/c1-14(23)21-9-11-22(12-10-21)16-7-5-15(6-8-16)13-20-19-17-3-2-4-18(17)19;1-3-4(5)6-2/h2-8,20H,9-13H2,1H3;3H2,1-2H3. The highest BCUT2D eigenvalue weighted by molar-refractivity contribution is 6.04. The van der Waals surface area contributed by atoms with Gasteiger partial charge in [-0.1, -0.05) is 37.3 Å². The van der Waals surface area contributed by atoms with Gasteiger partial charge in [0.15, 0.2) is 0 Å². The predicted molar refractivity (Wildman–Crippen MR) is 116 cm³/mol. The lowest BCUT2D eigenvalue weighted by atomic mass is 10.1. The summed E-state index contributed by atoms with van der Waals surface area (Å²) in [5.74, 6) is 0.0197. The molecular weight excluding hydrogens is 366 g/mol. The Hall–Kier alpha value is -3.02. The first-order valence-corrected chi connectivity index (χ1v) is 10.1. The lowest BCUT2D eigenvalue weighted by molar-refractivity contribution is -0.140. The minimum absolute atomic E-state index is 0.157. The number of rotatable bonds is 5. The first-order valence-electron chi connectivity index (χ1n) is 10.1. The maximum atomic E-state index is 11.4. The quantitative estimate of drug-likeness (QED) is 0.670. The summed E-state index contributed by atoms with van der Waals surface area (Å²) in [5.41, 5.74) is 6.57. The van der Waals surface area contributed by atoms with Gasteiger partial charge >= 0.3 is 5.97 Å². The molecule has 0 spiro atoms. The van der Waals surface area contributed by atoms with E-state index in [4.69, 9.17) is 0 Å². The average molecular weight is 396 g/mol. The molecule has 0 aromatic heterocycles. The predicted octanol–water partition coefficient (Wildman–Crippen LogP) is 3.52. The molecule has 0 bridgehead atoms. The fourth-order valence-corrected chi connectivity index (χ4v) is 3.43. The van der Waals surface area contributed by atoms with Gasteiger partial charge in [0, 0.05) is 62.9 Å². The zero-order valence-corrected chi connectivity index (χ0v) is 17.4. The molecule has 1 heterocycles. The number of piperazine rings is 1. The number of fused-ring (bicyclic) bond motifs is 1. The Morgan fingerprint density at radius 3 is 2.10 bits per heavy atom. The molecule has 1 saturated heterocycles. The van der Waals surface area contributed by atoms with Gasteiger partial charge in [-0.2, -0.15) is 0 Å². The molecule has 29 heavy (non-hydrogen) atoms. The van der Waals surface area contributed by atoms with Crippen LogP contribution in [0.5, 0.6) is 0 Å². The highest BCUT2D eigenvalue weighted by Gasteiger charge is 2.22. The number of carbonyl (C=O) groups is 2.